The van der Waals surface area contributed by atoms with Gasteiger partial charge in [0.05, 0.1) is 36.3 Å². The zero-order chi connectivity index (χ0) is 21.8. The number of aryl methyl sites for hydroxylation is 1. The number of aromatic nitrogens is 3. The van der Waals surface area contributed by atoms with E-state index in [1.165, 1.54) is 18.9 Å². The maximum atomic E-state index is 12.7. The first-order valence-corrected chi connectivity index (χ1v) is 10.9. The van der Waals surface area contributed by atoms with Gasteiger partial charge < -0.3 is 9.15 Å². The van der Waals surface area contributed by atoms with Gasteiger partial charge in [0, 0.05) is 5.56 Å². The lowest BCUT2D eigenvalue weighted by molar-refractivity contribution is 0.102. The summed E-state index contributed by atoms with van der Waals surface area (Å²) >= 11 is 7.51. The van der Waals surface area contributed by atoms with Crippen molar-refractivity contribution in [3.63, 3.8) is 0 Å². The molecule has 31 heavy (non-hydrogen) atoms. The van der Waals surface area contributed by atoms with Gasteiger partial charge in [0.2, 0.25) is 0 Å². The molecule has 0 aliphatic carbocycles. The average Bonchev–Trinajstić information content (AvgIpc) is 3.38. The number of ether oxygens (including phenoxy) is 1. The van der Waals surface area contributed by atoms with E-state index in [9.17, 15) is 4.79 Å². The quantitative estimate of drug-likeness (QED) is 0.258. The van der Waals surface area contributed by atoms with E-state index in [0.717, 1.165) is 16.9 Å². The first kappa shape index (κ1) is 21.2. The van der Waals surface area contributed by atoms with Gasteiger partial charge in [-0.2, -0.15) is 0 Å². The third kappa shape index (κ3) is 4.68. The molecule has 2 aromatic heterocycles. The van der Waals surface area contributed by atoms with Gasteiger partial charge in [-0.1, -0.05) is 53.7 Å². The number of benzene rings is 2. The molecule has 0 unspecified atom stereocenters. The number of hydrogen-bond acceptors (Lipinski definition) is 6. The normalized spacial score (nSPS) is 10.9. The van der Waals surface area contributed by atoms with Gasteiger partial charge in [0.15, 0.2) is 16.8 Å². The van der Waals surface area contributed by atoms with Crippen molar-refractivity contribution in [2.24, 2.45) is 0 Å². The molecule has 2 heterocycles. The Labute approximate surface area is 189 Å². The number of furan rings is 1. The molecule has 0 aliphatic rings. The number of Topliss-reactive ketones (excluding diaryl/α,β-unsaturated/α-hetero) is 1. The van der Waals surface area contributed by atoms with E-state index in [-0.39, 0.29) is 11.5 Å². The zero-order valence-corrected chi connectivity index (χ0v) is 18.6. The molecule has 0 bridgehead atoms. The highest BCUT2D eigenvalue weighted by Crippen LogP contribution is 2.29. The van der Waals surface area contributed by atoms with Crippen LogP contribution in [0.1, 0.15) is 21.7 Å². The SMILES string of the molecule is COc1ccc(C(=O)CSc2nnc(-c3ccoc3C)n2Cc2ccccc2)cc1Cl. The number of halogens is 1. The maximum Gasteiger partial charge on any atom is 0.192 e. The second-order valence-electron chi connectivity index (χ2n) is 6.83. The predicted molar refractivity (Wildman–Crippen MR) is 121 cm³/mol. The fourth-order valence-electron chi connectivity index (χ4n) is 3.17. The van der Waals surface area contributed by atoms with E-state index < -0.39 is 0 Å². The molecule has 2 aromatic carbocycles. The van der Waals surface area contributed by atoms with E-state index >= 15 is 0 Å². The number of ketones is 1. The van der Waals surface area contributed by atoms with E-state index in [2.05, 4.69) is 10.2 Å². The van der Waals surface area contributed by atoms with Crippen LogP contribution >= 0.6 is 23.4 Å². The summed E-state index contributed by atoms with van der Waals surface area (Å²) in [7, 11) is 1.54. The number of carbonyl (C=O) groups is 1. The molecular weight excluding hydrogens is 434 g/mol. The highest BCUT2D eigenvalue weighted by Gasteiger charge is 2.19. The highest BCUT2D eigenvalue weighted by molar-refractivity contribution is 7.99. The Morgan fingerprint density at radius 2 is 1.97 bits per heavy atom. The first-order valence-electron chi connectivity index (χ1n) is 9.58. The fourth-order valence-corrected chi connectivity index (χ4v) is 4.26. The number of hydrogen-bond donors (Lipinski definition) is 0. The summed E-state index contributed by atoms with van der Waals surface area (Å²) in [5, 5.41) is 9.81. The Bertz CT molecular complexity index is 1200. The van der Waals surface area contributed by atoms with E-state index in [1.54, 1.807) is 24.5 Å². The van der Waals surface area contributed by atoms with Crippen molar-refractivity contribution < 1.29 is 13.9 Å². The Kier molecular flexibility index (Phi) is 6.44. The van der Waals surface area contributed by atoms with Crippen LogP contribution in [0.2, 0.25) is 5.02 Å². The Hall–Kier alpha value is -3.03. The molecule has 8 heteroatoms. The van der Waals surface area contributed by atoms with Crippen LogP contribution in [0.5, 0.6) is 5.75 Å². The third-order valence-corrected chi connectivity index (χ3v) is 6.07. The Morgan fingerprint density at radius 3 is 2.65 bits per heavy atom. The zero-order valence-electron chi connectivity index (χ0n) is 17.0. The van der Waals surface area contributed by atoms with Crippen molar-refractivity contribution in [3.05, 3.63) is 82.8 Å². The summed E-state index contributed by atoms with van der Waals surface area (Å²) in [6.07, 6.45) is 1.63. The fraction of sp³-hybridized carbons (Fsp3) is 0.174. The minimum absolute atomic E-state index is 0.0511. The lowest BCUT2D eigenvalue weighted by Crippen LogP contribution is -2.07. The van der Waals surface area contributed by atoms with Gasteiger partial charge >= 0.3 is 0 Å². The summed E-state index contributed by atoms with van der Waals surface area (Å²) in [4.78, 5) is 12.7. The average molecular weight is 454 g/mol. The number of thioether (sulfide) groups is 1. The lowest BCUT2D eigenvalue weighted by atomic mass is 10.1. The standard InChI is InChI=1S/C23H20ClN3O3S/c1-15-18(10-11-30-15)22-25-26-23(27(22)13-16-6-4-3-5-7-16)31-14-20(28)17-8-9-21(29-2)19(24)12-17/h3-12H,13-14H2,1-2H3. The number of carbonyl (C=O) groups excluding carboxylic acids is 1. The van der Waals surface area contributed by atoms with Crippen LogP contribution in [0.4, 0.5) is 0 Å². The van der Waals surface area contributed by atoms with Crippen molar-refractivity contribution in [2.75, 3.05) is 12.9 Å². The predicted octanol–water partition coefficient (Wildman–Crippen LogP) is 5.53. The molecule has 0 aliphatic heterocycles. The van der Waals surface area contributed by atoms with Crippen molar-refractivity contribution in [1.82, 2.24) is 14.8 Å². The minimum atomic E-state index is -0.0511. The number of methoxy groups -OCH3 is 1. The van der Waals surface area contributed by atoms with Gasteiger partial charge in [0.25, 0.3) is 0 Å². The van der Waals surface area contributed by atoms with E-state index in [0.29, 0.717) is 33.9 Å². The number of rotatable bonds is 8. The molecule has 0 amide bonds. The Morgan fingerprint density at radius 1 is 1.16 bits per heavy atom. The topological polar surface area (TPSA) is 70.2 Å². The van der Waals surface area contributed by atoms with E-state index in [1.807, 2.05) is 47.9 Å². The molecule has 0 N–H and O–H groups in total. The second kappa shape index (κ2) is 9.41. The molecule has 0 spiro atoms. The van der Waals surface area contributed by atoms with Crippen LogP contribution < -0.4 is 4.74 Å². The smallest absolute Gasteiger partial charge is 0.192 e. The van der Waals surface area contributed by atoms with Gasteiger partial charge in [0.1, 0.15) is 11.5 Å². The van der Waals surface area contributed by atoms with Gasteiger partial charge in [-0.25, -0.2) is 0 Å². The third-order valence-electron chi connectivity index (χ3n) is 4.81. The molecule has 4 rings (SSSR count). The highest BCUT2D eigenvalue weighted by atomic mass is 35.5. The first-order chi connectivity index (χ1) is 15.1. The summed E-state index contributed by atoms with van der Waals surface area (Å²) in [6, 6.07) is 17.0. The van der Waals surface area contributed by atoms with E-state index in [4.69, 9.17) is 20.8 Å². The monoisotopic (exact) mass is 453 g/mol. The van der Waals surface area contributed by atoms with Crippen molar-refractivity contribution in [2.45, 2.75) is 18.6 Å². The van der Waals surface area contributed by atoms with Crippen molar-refractivity contribution >= 4 is 29.1 Å². The van der Waals surface area contributed by atoms with Crippen LogP contribution in [-0.2, 0) is 6.54 Å². The number of nitrogens with zero attached hydrogens (tertiary/aromatic N) is 3. The van der Waals surface area contributed by atoms with Crippen molar-refractivity contribution in [3.8, 4) is 17.1 Å². The van der Waals surface area contributed by atoms with Crippen LogP contribution in [0.25, 0.3) is 11.4 Å². The molecule has 4 aromatic rings. The van der Waals surface area contributed by atoms with Crippen LogP contribution in [0, 0.1) is 6.92 Å². The van der Waals surface area contributed by atoms with Crippen LogP contribution in [-0.4, -0.2) is 33.4 Å². The van der Waals surface area contributed by atoms with Crippen molar-refractivity contribution in [1.29, 1.82) is 0 Å². The minimum Gasteiger partial charge on any atom is -0.495 e. The summed E-state index contributed by atoms with van der Waals surface area (Å²) < 4.78 is 12.6. The molecule has 0 saturated heterocycles. The molecule has 0 saturated carbocycles. The van der Waals surface area contributed by atoms with Gasteiger partial charge in [-0.3, -0.25) is 9.36 Å². The Balaban J connectivity index is 1.59. The summed E-state index contributed by atoms with van der Waals surface area (Å²) in [5.74, 6) is 2.16. The second-order valence-corrected chi connectivity index (χ2v) is 8.18. The summed E-state index contributed by atoms with van der Waals surface area (Å²) in [6.45, 7) is 2.47. The molecule has 0 atom stereocenters. The molecule has 158 valence electrons. The van der Waals surface area contributed by atoms with Crippen LogP contribution in [0.3, 0.4) is 0 Å². The molecule has 0 fully saturated rings. The van der Waals surface area contributed by atoms with Gasteiger partial charge in [-0.15, -0.1) is 10.2 Å². The van der Waals surface area contributed by atoms with Gasteiger partial charge in [-0.05, 0) is 36.8 Å². The summed E-state index contributed by atoms with van der Waals surface area (Å²) in [5.41, 5.74) is 2.52. The molecular formula is C23H20ClN3O3S. The molecule has 0 radical (unpaired) electrons. The maximum absolute atomic E-state index is 12.7. The largest absolute Gasteiger partial charge is 0.495 e. The lowest BCUT2D eigenvalue weighted by Gasteiger charge is -2.10. The van der Waals surface area contributed by atoms with Crippen LogP contribution in [0.15, 0.2) is 70.4 Å². The molecule has 6 nitrogen and oxygen atoms in total.